The number of ether oxygens (including phenoxy) is 1. The summed E-state index contributed by atoms with van der Waals surface area (Å²) in [7, 11) is 0. The van der Waals surface area contributed by atoms with Gasteiger partial charge in [0.25, 0.3) is 5.69 Å². The monoisotopic (exact) mass is 360 g/mol. The molecule has 0 aliphatic carbocycles. The molecule has 8 nitrogen and oxygen atoms in total. The number of anilines is 1. The van der Waals surface area contributed by atoms with Gasteiger partial charge in [-0.1, -0.05) is 11.2 Å². The summed E-state index contributed by atoms with van der Waals surface area (Å²) in [5.41, 5.74) is 2.84. The van der Waals surface area contributed by atoms with Gasteiger partial charge in [-0.2, -0.15) is 0 Å². The first kappa shape index (κ1) is 18.3. The van der Waals surface area contributed by atoms with E-state index in [1.807, 2.05) is 13.0 Å². The van der Waals surface area contributed by atoms with Crippen LogP contribution in [0.5, 0.6) is 0 Å². The van der Waals surface area contributed by atoms with E-state index in [-0.39, 0.29) is 16.7 Å². The zero-order valence-corrected chi connectivity index (χ0v) is 15.3. The Hall–Kier alpha value is -2.45. The molecular weight excluding hydrogens is 336 g/mol. The van der Waals surface area contributed by atoms with E-state index in [9.17, 15) is 10.1 Å². The van der Waals surface area contributed by atoms with Crippen LogP contribution in [0.25, 0.3) is 11.1 Å². The summed E-state index contributed by atoms with van der Waals surface area (Å²) in [6, 6.07) is 5.46. The Bertz CT molecular complexity index is 764. The SMILES string of the molecule is Cc1noc(C)c1-c1ccc(NCC(C)N2CCOCC2)c([N+](=O)[O-])c1. The van der Waals surface area contributed by atoms with Crippen molar-refractivity contribution < 1.29 is 14.2 Å². The van der Waals surface area contributed by atoms with E-state index < -0.39 is 0 Å². The number of nitrogens with one attached hydrogen (secondary N) is 1. The van der Waals surface area contributed by atoms with E-state index in [2.05, 4.69) is 22.3 Å². The van der Waals surface area contributed by atoms with Gasteiger partial charge in [0.15, 0.2) is 0 Å². The van der Waals surface area contributed by atoms with Gasteiger partial charge in [0.2, 0.25) is 0 Å². The maximum absolute atomic E-state index is 11.6. The largest absolute Gasteiger partial charge is 0.379 e. The van der Waals surface area contributed by atoms with Crippen molar-refractivity contribution in [2.45, 2.75) is 26.8 Å². The molecule has 1 aromatic carbocycles. The summed E-state index contributed by atoms with van der Waals surface area (Å²) in [6.07, 6.45) is 0. The Morgan fingerprint density at radius 3 is 2.69 bits per heavy atom. The first-order chi connectivity index (χ1) is 12.5. The van der Waals surface area contributed by atoms with Crippen molar-refractivity contribution in [1.82, 2.24) is 10.1 Å². The molecule has 1 atom stereocenters. The summed E-state index contributed by atoms with van der Waals surface area (Å²) in [4.78, 5) is 13.5. The number of benzene rings is 1. The van der Waals surface area contributed by atoms with Gasteiger partial charge in [0.05, 0.1) is 23.8 Å². The first-order valence-electron chi connectivity index (χ1n) is 8.74. The highest BCUT2D eigenvalue weighted by atomic mass is 16.6. The van der Waals surface area contributed by atoms with Gasteiger partial charge in [-0.3, -0.25) is 15.0 Å². The summed E-state index contributed by atoms with van der Waals surface area (Å²) in [5, 5.41) is 18.7. The minimum Gasteiger partial charge on any atom is -0.379 e. The van der Waals surface area contributed by atoms with Crippen LogP contribution in [0.1, 0.15) is 18.4 Å². The van der Waals surface area contributed by atoms with E-state index in [0.717, 1.165) is 43.1 Å². The van der Waals surface area contributed by atoms with Gasteiger partial charge in [-0.15, -0.1) is 0 Å². The lowest BCUT2D eigenvalue weighted by molar-refractivity contribution is -0.383. The average molecular weight is 360 g/mol. The minimum atomic E-state index is -0.358. The summed E-state index contributed by atoms with van der Waals surface area (Å²) >= 11 is 0. The van der Waals surface area contributed by atoms with E-state index in [0.29, 0.717) is 18.0 Å². The van der Waals surface area contributed by atoms with Crippen molar-refractivity contribution in [2.24, 2.45) is 0 Å². The number of nitro benzene ring substituents is 1. The lowest BCUT2D eigenvalue weighted by atomic mass is 10.0. The van der Waals surface area contributed by atoms with Gasteiger partial charge >= 0.3 is 0 Å². The van der Waals surface area contributed by atoms with Crippen LogP contribution in [0, 0.1) is 24.0 Å². The molecule has 8 heteroatoms. The van der Waals surface area contributed by atoms with Crippen LogP contribution < -0.4 is 5.32 Å². The van der Waals surface area contributed by atoms with Gasteiger partial charge < -0.3 is 14.6 Å². The number of hydrogen-bond acceptors (Lipinski definition) is 7. The van der Waals surface area contributed by atoms with Crippen molar-refractivity contribution in [3.8, 4) is 11.1 Å². The molecule has 3 rings (SSSR count). The van der Waals surface area contributed by atoms with E-state index in [1.54, 1.807) is 19.1 Å². The van der Waals surface area contributed by atoms with E-state index in [4.69, 9.17) is 9.26 Å². The third kappa shape index (κ3) is 3.86. The lowest BCUT2D eigenvalue weighted by Gasteiger charge is -2.32. The molecule has 0 amide bonds. The Labute approximate surface area is 152 Å². The van der Waals surface area contributed by atoms with Crippen molar-refractivity contribution in [2.75, 3.05) is 38.2 Å². The molecule has 1 aliphatic heterocycles. The molecule has 0 spiro atoms. The highest BCUT2D eigenvalue weighted by Crippen LogP contribution is 2.33. The Balaban J connectivity index is 1.78. The molecule has 1 N–H and O–H groups in total. The number of aromatic nitrogens is 1. The maximum Gasteiger partial charge on any atom is 0.292 e. The number of rotatable bonds is 6. The van der Waals surface area contributed by atoms with Crippen LogP contribution in [0.15, 0.2) is 22.7 Å². The zero-order valence-electron chi connectivity index (χ0n) is 15.3. The molecule has 1 unspecified atom stereocenters. The number of aryl methyl sites for hydroxylation is 2. The second-order valence-electron chi connectivity index (χ2n) is 6.57. The molecule has 1 saturated heterocycles. The first-order valence-corrected chi connectivity index (χ1v) is 8.74. The van der Waals surface area contributed by atoms with Crippen LogP contribution in [-0.2, 0) is 4.74 Å². The second kappa shape index (κ2) is 7.84. The van der Waals surface area contributed by atoms with Crippen LogP contribution in [0.3, 0.4) is 0 Å². The molecule has 1 fully saturated rings. The number of hydrogen-bond donors (Lipinski definition) is 1. The fourth-order valence-electron chi connectivity index (χ4n) is 3.29. The van der Waals surface area contributed by atoms with Gasteiger partial charge in [-0.05, 0) is 32.4 Å². The molecule has 1 aliphatic rings. The number of nitro groups is 1. The van der Waals surface area contributed by atoms with Crippen molar-refractivity contribution in [3.05, 3.63) is 39.8 Å². The van der Waals surface area contributed by atoms with E-state index in [1.165, 1.54) is 0 Å². The van der Waals surface area contributed by atoms with Crippen LogP contribution >= 0.6 is 0 Å². The normalized spacial score (nSPS) is 16.4. The smallest absolute Gasteiger partial charge is 0.292 e. The second-order valence-corrected chi connectivity index (χ2v) is 6.57. The summed E-state index contributed by atoms with van der Waals surface area (Å²) in [6.45, 7) is 9.61. The minimum absolute atomic E-state index is 0.0525. The van der Waals surface area contributed by atoms with Crippen molar-refractivity contribution in [3.63, 3.8) is 0 Å². The van der Waals surface area contributed by atoms with Crippen molar-refractivity contribution in [1.29, 1.82) is 0 Å². The molecule has 1 aromatic heterocycles. The summed E-state index contributed by atoms with van der Waals surface area (Å²) in [5.74, 6) is 0.651. The fraction of sp³-hybridized carbons (Fsp3) is 0.500. The zero-order chi connectivity index (χ0) is 18.7. The van der Waals surface area contributed by atoms with Crippen LogP contribution in [0.4, 0.5) is 11.4 Å². The van der Waals surface area contributed by atoms with Crippen LogP contribution in [0.2, 0.25) is 0 Å². The average Bonchev–Trinajstić information content (AvgIpc) is 2.98. The third-order valence-electron chi connectivity index (χ3n) is 4.77. The number of morpholine rings is 1. The Morgan fingerprint density at radius 1 is 1.35 bits per heavy atom. The molecule has 26 heavy (non-hydrogen) atoms. The quantitative estimate of drug-likeness (QED) is 0.625. The molecular formula is C18H24N4O4. The number of nitrogens with zero attached hydrogens (tertiary/aromatic N) is 3. The predicted octanol–water partition coefficient (Wildman–Crippen LogP) is 3.00. The predicted molar refractivity (Wildman–Crippen MR) is 98.4 cm³/mol. The molecule has 0 bridgehead atoms. The van der Waals surface area contributed by atoms with Crippen molar-refractivity contribution >= 4 is 11.4 Å². The Kier molecular flexibility index (Phi) is 5.53. The van der Waals surface area contributed by atoms with Gasteiger partial charge in [-0.25, -0.2) is 0 Å². The molecule has 140 valence electrons. The fourth-order valence-corrected chi connectivity index (χ4v) is 3.29. The lowest BCUT2D eigenvalue weighted by Crippen LogP contribution is -2.45. The topological polar surface area (TPSA) is 93.7 Å². The maximum atomic E-state index is 11.6. The highest BCUT2D eigenvalue weighted by Gasteiger charge is 2.21. The third-order valence-corrected chi connectivity index (χ3v) is 4.77. The molecule has 0 radical (unpaired) electrons. The van der Waals surface area contributed by atoms with Gasteiger partial charge in [0, 0.05) is 37.3 Å². The van der Waals surface area contributed by atoms with Crippen LogP contribution in [-0.4, -0.2) is 53.9 Å². The molecule has 2 heterocycles. The standard InChI is InChI=1S/C18H24N4O4/c1-12(21-6-8-25-9-7-21)11-19-16-5-4-15(10-17(16)22(23)24)18-13(2)20-26-14(18)3/h4-5,10,12,19H,6-9,11H2,1-3H3. The molecule has 2 aromatic rings. The summed E-state index contributed by atoms with van der Waals surface area (Å²) < 4.78 is 10.5. The van der Waals surface area contributed by atoms with Gasteiger partial charge in [0.1, 0.15) is 11.4 Å². The molecule has 0 saturated carbocycles. The Morgan fingerprint density at radius 2 is 2.08 bits per heavy atom. The highest BCUT2D eigenvalue weighted by molar-refractivity contribution is 5.75. The van der Waals surface area contributed by atoms with E-state index >= 15 is 0 Å².